The average molecular weight is 307 g/mol. The van der Waals surface area contributed by atoms with E-state index in [0.717, 1.165) is 5.56 Å². The van der Waals surface area contributed by atoms with Crippen LogP contribution >= 0.6 is 11.6 Å². The zero-order valence-electron chi connectivity index (χ0n) is 11.1. The summed E-state index contributed by atoms with van der Waals surface area (Å²) in [6.45, 7) is 5.03. The minimum atomic E-state index is -3.75. The number of aliphatic hydroxyl groups excluding tert-OH is 1. The molecule has 108 valence electrons. The van der Waals surface area contributed by atoms with Crippen LogP contribution in [0.5, 0.6) is 0 Å². The van der Waals surface area contributed by atoms with Crippen molar-refractivity contribution < 1.29 is 13.5 Å². The third kappa shape index (κ3) is 4.35. The van der Waals surface area contributed by atoms with E-state index in [1.165, 1.54) is 12.1 Å². The summed E-state index contributed by atoms with van der Waals surface area (Å²) in [4.78, 5) is -0.0466. The first-order valence-corrected chi connectivity index (χ1v) is 7.75. The molecular weight excluding hydrogens is 288 g/mol. The van der Waals surface area contributed by atoms with Crippen LogP contribution in [-0.4, -0.2) is 25.7 Å². The van der Waals surface area contributed by atoms with E-state index in [9.17, 15) is 13.5 Å². The number of hydrogen-bond acceptors (Lipinski definition) is 4. The molecule has 0 fully saturated rings. The van der Waals surface area contributed by atoms with E-state index in [4.69, 9.17) is 17.3 Å². The molecule has 0 aliphatic carbocycles. The molecule has 1 aromatic carbocycles. The van der Waals surface area contributed by atoms with E-state index in [1.807, 2.05) is 0 Å². The van der Waals surface area contributed by atoms with Crippen molar-refractivity contribution >= 4 is 27.3 Å². The maximum atomic E-state index is 12.2. The van der Waals surface area contributed by atoms with Gasteiger partial charge >= 0.3 is 0 Å². The Morgan fingerprint density at radius 1 is 1.42 bits per heavy atom. The number of rotatable bonds is 5. The van der Waals surface area contributed by atoms with Crippen molar-refractivity contribution in [1.82, 2.24) is 4.72 Å². The van der Waals surface area contributed by atoms with Crippen molar-refractivity contribution in [3.8, 4) is 0 Å². The molecule has 4 N–H and O–H groups in total. The Bertz CT molecular complexity index is 558. The van der Waals surface area contributed by atoms with Gasteiger partial charge < -0.3 is 10.8 Å². The normalized spacial score (nSPS) is 15.2. The number of halogens is 1. The molecule has 0 radical (unpaired) electrons. The van der Waals surface area contributed by atoms with Gasteiger partial charge in [0.25, 0.3) is 0 Å². The first-order valence-electron chi connectivity index (χ1n) is 5.89. The fourth-order valence-electron chi connectivity index (χ4n) is 1.76. The molecule has 1 aromatic rings. The van der Waals surface area contributed by atoms with Crippen molar-refractivity contribution in [2.24, 2.45) is 0 Å². The molecule has 0 aliphatic heterocycles. The predicted molar refractivity (Wildman–Crippen MR) is 76.7 cm³/mol. The fourth-order valence-corrected chi connectivity index (χ4v) is 3.64. The summed E-state index contributed by atoms with van der Waals surface area (Å²) in [6.07, 6.45) is -0.269. The Balaban J connectivity index is 3.04. The summed E-state index contributed by atoms with van der Waals surface area (Å²) < 4.78 is 26.8. The Kier molecular flexibility index (Phi) is 5.20. The van der Waals surface area contributed by atoms with Crippen molar-refractivity contribution in [2.75, 3.05) is 5.73 Å². The van der Waals surface area contributed by atoms with Crippen LogP contribution in [-0.2, 0) is 10.0 Å². The van der Waals surface area contributed by atoms with Crippen LogP contribution in [0, 0.1) is 6.92 Å². The lowest BCUT2D eigenvalue weighted by Gasteiger charge is -2.17. The smallest absolute Gasteiger partial charge is 0.242 e. The molecule has 19 heavy (non-hydrogen) atoms. The summed E-state index contributed by atoms with van der Waals surface area (Å²) in [5, 5.41) is 9.37. The monoisotopic (exact) mass is 306 g/mol. The van der Waals surface area contributed by atoms with Crippen LogP contribution in [0.25, 0.3) is 0 Å². The molecule has 0 saturated heterocycles. The quantitative estimate of drug-likeness (QED) is 0.721. The Hall–Kier alpha value is -0.820. The minimum Gasteiger partial charge on any atom is -0.398 e. The number of anilines is 1. The number of aliphatic hydroxyl groups is 1. The topological polar surface area (TPSA) is 92.4 Å². The number of nitrogens with two attached hydrogens (primary N) is 1. The summed E-state index contributed by atoms with van der Waals surface area (Å²) in [7, 11) is -3.75. The molecular formula is C12H19ClN2O3S. The Labute approximate surface area is 118 Å². The molecule has 0 amide bonds. The molecule has 7 heteroatoms. The van der Waals surface area contributed by atoms with Gasteiger partial charge in [-0.2, -0.15) is 0 Å². The summed E-state index contributed by atoms with van der Waals surface area (Å²) in [5.41, 5.74) is 6.80. The maximum absolute atomic E-state index is 12.2. The van der Waals surface area contributed by atoms with Gasteiger partial charge in [-0.3, -0.25) is 0 Å². The number of benzene rings is 1. The second-order valence-corrected chi connectivity index (χ2v) is 6.84. The lowest BCUT2D eigenvalue weighted by molar-refractivity contribution is 0.175. The van der Waals surface area contributed by atoms with Crippen LogP contribution in [0.2, 0.25) is 5.02 Å². The Morgan fingerprint density at radius 3 is 2.53 bits per heavy atom. The van der Waals surface area contributed by atoms with Crippen LogP contribution in [0.4, 0.5) is 5.69 Å². The standard InChI is InChI=1S/C12H19ClN2O3S/c1-7-4-10(13)12(6-11(7)14)19(17,18)15-8(2)5-9(3)16/h4,6,8-9,15-16H,5,14H2,1-3H3. The Morgan fingerprint density at radius 2 is 2.00 bits per heavy atom. The van der Waals surface area contributed by atoms with Gasteiger partial charge in [-0.15, -0.1) is 0 Å². The molecule has 0 aromatic heterocycles. The molecule has 0 bridgehead atoms. The van der Waals surface area contributed by atoms with E-state index >= 15 is 0 Å². The van der Waals surface area contributed by atoms with E-state index in [0.29, 0.717) is 12.1 Å². The predicted octanol–water partition coefficient (Wildman–Crippen LogP) is 1.67. The summed E-state index contributed by atoms with van der Waals surface area (Å²) >= 11 is 5.95. The van der Waals surface area contributed by atoms with Crippen molar-refractivity contribution in [3.05, 3.63) is 22.7 Å². The van der Waals surface area contributed by atoms with E-state index in [-0.39, 0.29) is 9.92 Å². The molecule has 0 spiro atoms. The van der Waals surface area contributed by atoms with Crippen LogP contribution in [0.1, 0.15) is 25.8 Å². The number of nitrogens with one attached hydrogen (secondary N) is 1. The fraction of sp³-hybridized carbons (Fsp3) is 0.500. The van der Waals surface area contributed by atoms with Gasteiger partial charge in [-0.25, -0.2) is 13.1 Å². The van der Waals surface area contributed by atoms with Crippen molar-refractivity contribution in [1.29, 1.82) is 0 Å². The average Bonchev–Trinajstić information content (AvgIpc) is 2.20. The highest BCUT2D eigenvalue weighted by molar-refractivity contribution is 7.89. The first-order chi connectivity index (χ1) is 8.63. The third-order valence-corrected chi connectivity index (χ3v) is 4.72. The number of sulfonamides is 1. The highest BCUT2D eigenvalue weighted by Gasteiger charge is 2.22. The lowest BCUT2D eigenvalue weighted by Crippen LogP contribution is -2.34. The third-order valence-electron chi connectivity index (χ3n) is 2.66. The van der Waals surface area contributed by atoms with Crippen LogP contribution < -0.4 is 10.5 Å². The van der Waals surface area contributed by atoms with Gasteiger partial charge in [0.15, 0.2) is 0 Å². The molecule has 1 rings (SSSR count). The lowest BCUT2D eigenvalue weighted by atomic mass is 10.2. The van der Waals surface area contributed by atoms with E-state index < -0.39 is 22.2 Å². The summed E-state index contributed by atoms with van der Waals surface area (Å²) in [5.74, 6) is 0. The minimum absolute atomic E-state index is 0.0466. The van der Waals surface area contributed by atoms with Gasteiger partial charge in [-0.05, 0) is 44.9 Å². The van der Waals surface area contributed by atoms with Crippen LogP contribution in [0.3, 0.4) is 0 Å². The van der Waals surface area contributed by atoms with E-state index in [1.54, 1.807) is 20.8 Å². The van der Waals surface area contributed by atoms with E-state index in [2.05, 4.69) is 4.72 Å². The SMILES string of the molecule is Cc1cc(Cl)c(S(=O)(=O)NC(C)CC(C)O)cc1N. The van der Waals surface area contributed by atoms with Gasteiger partial charge in [0.05, 0.1) is 11.1 Å². The first kappa shape index (κ1) is 16.2. The second kappa shape index (κ2) is 6.09. The largest absolute Gasteiger partial charge is 0.398 e. The molecule has 2 unspecified atom stereocenters. The molecule has 5 nitrogen and oxygen atoms in total. The summed E-state index contributed by atoms with van der Waals surface area (Å²) in [6, 6.07) is 2.46. The zero-order chi connectivity index (χ0) is 14.8. The van der Waals surface area contributed by atoms with Crippen molar-refractivity contribution in [3.63, 3.8) is 0 Å². The number of nitrogen functional groups attached to an aromatic ring is 1. The van der Waals surface area contributed by atoms with Gasteiger partial charge in [0.2, 0.25) is 10.0 Å². The maximum Gasteiger partial charge on any atom is 0.242 e. The zero-order valence-corrected chi connectivity index (χ0v) is 12.7. The molecule has 2 atom stereocenters. The highest BCUT2D eigenvalue weighted by Crippen LogP contribution is 2.26. The number of hydrogen-bond donors (Lipinski definition) is 3. The van der Waals surface area contributed by atoms with Crippen molar-refractivity contribution in [2.45, 2.75) is 44.2 Å². The molecule has 0 aliphatic rings. The second-order valence-electron chi connectivity index (χ2n) is 4.75. The highest BCUT2D eigenvalue weighted by atomic mass is 35.5. The van der Waals surface area contributed by atoms with Crippen LogP contribution in [0.15, 0.2) is 17.0 Å². The molecule has 0 saturated carbocycles. The number of aryl methyl sites for hydroxylation is 1. The van der Waals surface area contributed by atoms with Gasteiger partial charge in [0, 0.05) is 11.7 Å². The molecule has 0 heterocycles. The van der Waals surface area contributed by atoms with Gasteiger partial charge in [-0.1, -0.05) is 11.6 Å². The van der Waals surface area contributed by atoms with Gasteiger partial charge in [0.1, 0.15) is 4.90 Å².